The van der Waals surface area contributed by atoms with Crippen LogP contribution in [-0.2, 0) is 11.3 Å². The van der Waals surface area contributed by atoms with Crippen LogP contribution in [0.25, 0.3) is 11.0 Å². The van der Waals surface area contributed by atoms with E-state index in [0.717, 1.165) is 39.7 Å². The normalized spacial score (nSPS) is 18.2. The second kappa shape index (κ2) is 6.90. The van der Waals surface area contributed by atoms with Crippen molar-refractivity contribution in [2.24, 2.45) is 0 Å². The summed E-state index contributed by atoms with van der Waals surface area (Å²) in [5.74, 6) is 0. The van der Waals surface area contributed by atoms with Gasteiger partial charge in [-0.1, -0.05) is 11.6 Å². The molecular formula is C17H22ClIN4O2. The van der Waals surface area contributed by atoms with E-state index in [1.165, 1.54) is 6.33 Å². The summed E-state index contributed by atoms with van der Waals surface area (Å²) in [4.78, 5) is 22.9. The number of carbonyl (C=O) groups is 1. The number of halogens is 2. The molecule has 6 nitrogen and oxygen atoms in total. The summed E-state index contributed by atoms with van der Waals surface area (Å²) in [5, 5.41) is 1.34. The van der Waals surface area contributed by atoms with Crippen molar-refractivity contribution >= 4 is 51.3 Å². The second-order valence-corrected chi connectivity index (χ2v) is 8.78. The fourth-order valence-corrected chi connectivity index (χ4v) is 4.40. The minimum atomic E-state index is -0.490. The third-order valence-corrected chi connectivity index (χ3v) is 5.98. The molecule has 1 fully saturated rings. The largest absolute Gasteiger partial charge is 0.444 e. The van der Waals surface area contributed by atoms with Crippen molar-refractivity contribution in [3.8, 4) is 0 Å². The molecule has 1 aliphatic rings. The van der Waals surface area contributed by atoms with Crippen molar-refractivity contribution in [1.82, 2.24) is 19.4 Å². The van der Waals surface area contributed by atoms with Gasteiger partial charge in [0.15, 0.2) is 0 Å². The van der Waals surface area contributed by atoms with Crippen LogP contribution in [0.2, 0.25) is 5.15 Å². The van der Waals surface area contributed by atoms with Gasteiger partial charge in [0.2, 0.25) is 0 Å². The molecule has 25 heavy (non-hydrogen) atoms. The van der Waals surface area contributed by atoms with Crippen LogP contribution < -0.4 is 0 Å². The van der Waals surface area contributed by atoms with Crippen LogP contribution in [0.1, 0.15) is 39.3 Å². The van der Waals surface area contributed by atoms with Gasteiger partial charge < -0.3 is 14.2 Å². The van der Waals surface area contributed by atoms with E-state index in [1.54, 1.807) is 0 Å². The van der Waals surface area contributed by atoms with Crippen LogP contribution >= 0.6 is 34.2 Å². The van der Waals surface area contributed by atoms with E-state index < -0.39 is 5.60 Å². The zero-order valence-corrected chi connectivity index (χ0v) is 17.8. The summed E-state index contributed by atoms with van der Waals surface area (Å²) in [6.07, 6.45) is 3.17. The van der Waals surface area contributed by atoms with E-state index in [-0.39, 0.29) is 12.1 Å². The van der Waals surface area contributed by atoms with Crippen LogP contribution in [0, 0.1) is 10.5 Å². The van der Waals surface area contributed by atoms with Crippen LogP contribution in [0.3, 0.4) is 0 Å². The van der Waals surface area contributed by atoms with E-state index in [0.29, 0.717) is 11.7 Å². The molecule has 3 heterocycles. The van der Waals surface area contributed by atoms with Gasteiger partial charge in [-0.3, -0.25) is 0 Å². The Labute approximate surface area is 166 Å². The molecule has 2 aromatic heterocycles. The zero-order chi connectivity index (χ0) is 18.4. The van der Waals surface area contributed by atoms with Gasteiger partial charge in [-0.05, 0) is 63.1 Å². The van der Waals surface area contributed by atoms with Crippen molar-refractivity contribution in [2.45, 2.75) is 58.7 Å². The number of fused-ring (bicyclic) bond motifs is 1. The third kappa shape index (κ3) is 3.72. The lowest BCUT2D eigenvalue weighted by Crippen LogP contribution is -2.41. The van der Waals surface area contributed by atoms with E-state index in [4.69, 9.17) is 16.3 Å². The molecular weight excluding hydrogens is 455 g/mol. The van der Waals surface area contributed by atoms with E-state index in [1.807, 2.05) is 32.6 Å². The molecule has 8 heteroatoms. The summed E-state index contributed by atoms with van der Waals surface area (Å²) in [7, 11) is 0. The second-order valence-electron chi connectivity index (χ2n) is 7.34. The third-order valence-electron chi connectivity index (χ3n) is 4.38. The monoisotopic (exact) mass is 476 g/mol. The molecule has 0 N–H and O–H groups in total. The number of rotatable bonds is 2. The maximum atomic E-state index is 12.5. The fourth-order valence-electron chi connectivity index (χ4n) is 3.23. The van der Waals surface area contributed by atoms with Gasteiger partial charge in [-0.25, -0.2) is 14.8 Å². The lowest BCUT2D eigenvalue weighted by atomic mass is 10.2. The Morgan fingerprint density at radius 2 is 2.16 bits per heavy atom. The SMILES string of the molecule is Cc1c(I)c2c(Cl)ncnc2n1C[C@@H]1CCCN1C(=O)OC(C)(C)C. The maximum Gasteiger partial charge on any atom is 0.410 e. The molecule has 2 aromatic rings. The van der Waals surface area contributed by atoms with Gasteiger partial charge >= 0.3 is 6.09 Å². The number of nitrogens with zero attached hydrogens (tertiary/aromatic N) is 4. The first kappa shape index (κ1) is 18.7. The smallest absolute Gasteiger partial charge is 0.410 e. The summed E-state index contributed by atoms with van der Waals surface area (Å²) in [5.41, 5.74) is 1.42. The number of aromatic nitrogens is 3. The number of hydrogen-bond donors (Lipinski definition) is 0. The molecule has 0 saturated carbocycles. The molecule has 0 radical (unpaired) electrons. The zero-order valence-electron chi connectivity index (χ0n) is 14.8. The summed E-state index contributed by atoms with van der Waals surface area (Å²) < 4.78 is 8.75. The first-order chi connectivity index (χ1) is 11.7. The van der Waals surface area contributed by atoms with Crippen molar-refractivity contribution in [3.05, 3.63) is 20.7 Å². The molecule has 0 aliphatic carbocycles. The number of amides is 1. The Morgan fingerprint density at radius 1 is 1.44 bits per heavy atom. The summed E-state index contributed by atoms with van der Waals surface area (Å²) in [6, 6.07) is 0.0914. The maximum absolute atomic E-state index is 12.5. The highest BCUT2D eigenvalue weighted by molar-refractivity contribution is 14.1. The minimum absolute atomic E-state index is 0.0914. The average molecular weight is 477 g/mol. The Bertz CT molecular complexity index is 815. The van der Waals surface area contributed by atoms with Crippen LogP contribution in [0.4, 0.5) is 4.79 Å². The van der Waals surface area contributed by atoms with E-state index in [2.05, 4.69) is 37.1 Å². The summed E-state index contributed by atoms with van der Waals surface area (Å²) >= 11 is 8.54. The minimum Gasteiger partial charge on any atom is -0.444 e. The first-order valence-corrected chi connectivity index (χ1v) is 9.79. The molecule has 0 bridgehead atoms. The van der Waals surface area contributed by atoms with Gasteiger partial charge in [-0.2, -0.15) is 0 Å². The molecule has 3 rings (SSSR count). The van der Waals surface area contributed by atoms with Crippen molar-refractivity contribution in [2.75, 3.05) is 6.54 Å². The van der Waals surface area contributed by atoms with Gasteiger partial charge in [0, 0.05) is 22.4 Å². The fraction of sp³-hybridized carbons (Fsp3) is 0.588. The predicted molar refractivity (Wildman–Crippen MR) is 106 cm³/mol. The number of carbonyl (C=O) groups excluding carboxylic acids is 1. The number of hydrogen-bond acceptors (Lipinski definition) is 4. The van der Waals surface area contributed by atoms with Gasteiger partial charge in [0.25, 0.3) is 0 Å². The van der Waals surface area contributed by atoms with E-state index >= 15 is 0 Å². The average Bonchev–Trinajstić information content (AvgIpc) is 3.06. The standard InChI is InChI=1S/C17H22ClIN4O2/c1-10-13(19)12-14(18)20-9-21-15(12)23(10)8-11-6-5-7-22(11)16(24)25-17(2,3)4/h9,11H,5-8H2,1-4H3/t11-/m0/s1. The van der Waals surface area contributed by atoms with E-state index in [9.17, 15) is 4.79 Å². The lowest BCUT2D eigenvalue weighted by Gasteiger charge is -2.29. The van der Waals surface area contributed by atoms with Crippen LogP contribution in [-0.4, -0.2) is 43.7 Å². The lowest BCUT2D eigenvalue weighted by molar-refractivity contribution is 0.0214. The molecule has 1 atom stereocenters. The summed E-state index contributed by atoms with van der Waals surface area (Å²) in [6.45, 7) is 9.12. The van der Waals surface area contributed by atoms with Crippen molar-refractivity contribution < 1.29 is 9.53 Å². The Balaban J connectivity index is 1.89. The Hall–Kier alpha value is -1.09. The predicted octanol–water partition coefficient (Wildman–Crippen LogP) is 4.40. The van der Waals surface area contributed by atoms with Crippen molar-refractivity contribution in [1.29, 1.82) is 0 Å². The Morgan fingerprint density at radius 3 is 2.84 bits per heavy atom. The van der Waals surface area contributed by atoms with Gasteiger partial charge in [0.05, 0.1) is 11.4 Å². The highest BCUT2D eigenvalue weighted by atomic mass is 127. The quantitative estimate of drug-likeness (QED) is 0.476. The molecule has 136 valence electrons. The molecule has 1 aliphatic heterocycles. The highest BCUT2D eigenvalue weighted by Crippen LogP contribution is 2.32. The van der Waals surface area contributed by atoms with Crippen LogP contribution in [0.5, 0.6) is 0 Å². The van der Waals surface area contributed by atoms with Crippen LogP contribution in [0.15, 0.2) is 6.33 Å². The highest BCUT2D eigenvalue weighted by Gasteiger charge is 2.33. The van der Waals surface area contributed by atoms with Gasteiger partial charge in [0.1, 0.15) is 22.7 Å². The number of ether oxygens (including phenoxy) is 1. The van der Waals surface area contributed by atoms with Gasteiger partial charge in [-0.15, -0.1) is 0 Å². The first-order valence-electron chi connectivity index (χ1n) is 8.33. The Kier molecular flexibility index (Phi) is 5.16. The molecule has 1 saturated heterocycles. The molecule has 1 amide bonds. The molecule has 0 spiro atoms. The molecule has 0 aromatic carbocycles. The molecule has 0 unspecified atom stereocenters. The number of likely N-dealkylation sites (tertiary alicyclic amines) is 1. The topological polar surface area (TPSA) is 60.2 Å². The van der Waals surface area contributed by atoms with Crippen molar-refractivity contribution in [3.63, 3.8) is 0 Å².